The number of aliphatic hydroxyl groups is 2. The van der Waals surface area contributed by atoms with E-state index >= 15 is 0 Å². The minimum Gasteiger partial charge on any atom is -0.389 e. The van der Waals surface area contributed by atoms with Gasteiger partial charge in [-0.25, -0.2) is 15.0 Å². The number of hydrogen-bond acceptors (Lipinski definition) is 7. The van der Waals surface area contributed by atoms with Gasteiger partial charge in [0.2, 0.25) is 0 Å². The lowest BCUT2D eigenvalue weighted by Gasteiger charge is -2.16. The van der Waals surface area contributed by atoms with E-state index in [1.165, 1.54) is 18.1 Å². The average Bonchev–Trinajstić information content (AvgIpc) is 2.88. The molecule has 2 aromatic heterocycles. The summed E-state index contributed by atoms with van der Waals surface area (Å²) < 4.78 is 1.73. The quantitative estimate of drug-likeness (QED) is 0.654. The standard InChI is InChI=1S/C10H13N5O2S/c1-4-6(16)7(17)10(18-4)15-3-14-5-8(11)12-2-13-9(5)15/h2-4,6-7,10,16-17H,1H3,(H2,11,12,13)/t4-,6-,7-,10-/m1/s1. The van der Waals surface area contributed by atoms with Crippen molar-refractivity contribution in [3.05, 3.63) is 12.7 Å². The van der Waals surface area contributed by atoms with Gasteiger partial charge in [0.25, 0.3) is 0 Å². The van der Waals surface area contributed by atoms with E-state index in [4.69, 9.17) is 5.73 Å². The zero-order valence-corrected chi connectivity index (χ0v) is 10.4. The number of nitrogens with zero attached hydrogens (tertiary/aromatic N) is 4. The Kier molecular flexibility index (Phi) is 2.65. The van der Waals surface area contributed by atoms with E-state index in [-0.39, 0.29) is 10.6 Å². The zero-order chi connectivity index (χ0) is 12.9. The second-order valence-corrected chi connectivity index (χ2v) is 5.79. The highest BCUT2D eigenvalue weighted by atomic mass is 32.2. The average molecular weight is 267 g/mol. The normalized spacial score (nSPS) is 32.2. The molecular weight excluding hydrogens is 254 g/mol. The molecule has 0 radical (unpaired) electrons. The monoisotopic (exact) mass is 267 g/mol. The molecule has 0 amide bonds. The number of aromatic nitrogens is 4. The minimum atomic E-state index is -0.849. The molecule has 1 saturated heterocycles. The number of rotatable bonds is 1. The molecular formula is C10H13N5O2S. The number of hydrogen-bond donors (Lipinski definition) is 3. The fourth-order valence-corrected chi connectivity index (χ4v) is 3.48. The molecule has 1 aliphatic heterocycles. The van der Waals surface area contributed by atoms with Crippen LogP contribution in [0.2, 0.25) is 0 Å². The molecule has 3 heterocycles. The first-order valence-electron chi connectivity index (χ1n) is 5.54. The fourth-order valence-electron chi connectivity index (χ4n) is 2.11. The molecule has 1 fully saturated rings. The van der Waals surface area contributed by atoms with Crippen molar-refractivity contribution in [2.24, 2.45) is 0 Å². The number of fused-ring (bicyclic) bond motifs is 1. The van der Waals surface area contributed by atoms with E-state index in [9.17, 15) is 10.2 Å². The van der Waals surface area contributed by atoms with E-state index in [2.05, 4.69) is 15.0 Å². The first-order chi connectivity index (χ1) is 8.59. The van der Waals surface area contributed by atoms with E-state index < -0.39 is 12.2 Å². The predicted octanol–water partition coefficient (Wildman–Crippen LogP) is -0.236. The summed E-state index contributed by atoms with van der Waals surface area (Å²) in [4.78, 5) is 12.2. The summed E-state index contributed by atoms with van der Waals surface area (Å²) in [5, 5.41) is 19.5. The van der Waals surface area contributed by atoms with Crippen molar-refractivity contribution in [2.75, 3.05) is 5.73 Å². The summed E-state index contributed by atoms with van der Waals surface area (Å²) in [5.41, 5.74) is 6.79. The topological polar surface area (TPSA) is 110 Å². The van der Waals surface area contributed by atoms with Crippen molar-refractivity contribution in [1.29, 1.82) is 0 Å². The van der Waals surface area contributed by atoms with Crippen LogP contribution in [0.25, 0.3) is 11.2 Å². The van der Waals surface area contributed by atoms with Crippen LogP contribution in [0.15, 0.2) is 12.7 Å². The van der Waals surface area contributed by atoms with E-state index in [1.807, 2.05) is 6.92 Å². The maximum Gasteiger partial charge on any atom is 0.166 e. The molecule has 96 valence electrons. The van der Waals surface area contributed by atoms with E-state index in [0.717, 1.165) is 0 Å². The molecule has 0 unspecified atom stereocenters. The predicted molar refractivity (Wildman–Crippen MR) is 67.8 cm³/mol. The summed E-state index contributed by atoms with van der Waals surface area (Å²) in [6.07, 6.45) is 1.33. The fraction of sp³-hybridized carbons (Fsp3) is 0.500. The lowest BCUT2D eigenvalue weighted by Crippen LogP contribution is -2.30. The van der Waals surface area contributed by atoms with Gasteiger partial charge >= 0.3 is 0 Å². The van der Waals surface area contributed by atoms with Gasteiger partial charge < -0.3 is 15.9 Å². The Balaban J connectivity index is 2.08. The van der Waals surface area contributed by atoms with Crippen molar-refractivity contribution in [3.63, 3.8) is 0 Å². The number of nitrogens with two attached hydrogens (primary N) is 1. The van der Waals surface area contributed by atoms with Crippen molar-refractivity contribution in [1.82, 2.24) is 19.5 Å². The SMILES string of the molecule is C[C@H]1S[C@@H](n2cnc3c(N)ncnc32)[C@H](O)[C@@H]1O. The Bertz CT molecular complexity index is 589. The van der Waals surface area contributed by atoms with Crippen LogP contribution in [0.5, 0.6) is 0 Å². The van der Waals surface area contributed by atoms with Gasteiger partial charge in [0.05, 0.1) is 12.4 Å². The highest BCUT2D eigenvalue weighted by molar-refractivity contribution is 8.00. The summed E-state index contributed by atoms with van der Waals surface area (Å²) in [6.45, 7) is 1.88. The summed E-state index contributed by atoms with van der Waals surface area (Å²) in [6, 6.07) is 0. The molecule has 0 aliphatic carbocycles. The van der Waals surface area contributed by atoms with E-state index in [0.29, 0.717) is 17.0 Å². The van der Waals surface area contributed by atoms with Gasteiger partial charge in [0.15, 0.2) is 11.5 Å². The van der Waals surface area contributed by atoms with Crippen molar-refractivity contribution in [3.8, 4) is 0 Å². The molecule has 4 N–H and O–H groups in total. The summed E-state index contributed by atoms with van der Waals surface area (Å²) in [7, 11) is 0. The molecule has 7 nitrogen and oxygen atoms in total. The van der Waals surface area contributed by atoms with E-state index in [1.54, 1.807) is 10.9 Å². The number of nitrogen functional groups attached to an aromatic ring is 1. The summed E-state index contributed by atoms with van der Waals surface area (Å²) in [5.74, 6) is 0.310. The molecule has 0 saturated carbocycles. The van der Waals surface area contributed by atoms with Gasteiger partial charge in [-0.15, -0.1) is 11.8 Å². The van der Waals surface area contributed by atoms with Gasteiger partial charge in [0, 0.05) is 5.25 Å². The van der Waals surface area contributed by atoms with Crippen molar-refractivity contribution >= 4 is 28.7 Å². The Morgan fingerprint density at radius 3 is 2.72 bits per heavy atom. The third-order valence-corrected chi connectivity index (χ3v) is 4.63. The Labute approximate surface area is 107 Å². The molecule has 0 bridgehead atoms. The van der Waals surface area contributed by atoms with Crippen molar-refractivity contribution < 1.29 is 10.2 Å². The van der Waals surface area contributed by atoms with Gasteiger partial charge in [-0.2, -0.15) is 0 Å². The second kappa shape index (κ2) is 4.08. The van der Waals surface area contributed by atoms with Gasteiger partial charge in [0.1, 0.15) is 23.3 Å². The lowest BCUT2D eigenvalue weighted by molar-refractivity contribution is 0.0206. The van der Waals surface area contributed by atoms with Crippen LogP contribution in [0, 0.1) is 0 Å². The zero-order valence-electron chi connectivity index (χ0n) is 9.63. The molecule has 1 aliphatic rings. The molecule has 18 heavy (non-hydrogen) atoms. The van der Waals surface area contributed by atoms with Crippen LogP contribution in [0.3, 0.4) is 0 Å². The van der Waals surface area contributed by atoms with Gasteiger partial charge in [-0.1, -0.05) is 6.92 Å². The van der Waals surface area contributed by atoms with Crippen LogP contribution in [-0.2, 0) is 0 Å². The van der Waals surface area contributed by atoms with Crippen LogP contribution >= 0.6 is 11.8 Å². The summed E-state index contributed by atoms with van der Waals surface area (Å²) >= 11 is 1.48. The maximum atomic E-state index is 10.0. The first kappa shape index (κ1) is 11.7. The second-order valence-electron chi connectivity index (χ2n) is 4.30. The third-order valence-electron chi connectivity index (χ3n) is 3.14. The third kappa shape index (κ3) is 1.57. The first-order valence-corrected chi connectivity index (χ1v) is 6.48. The Hall–Kier alpha value is -1.38. The number of imidazole rings is 1. The maximum absolute atomic E-state index is 10.0. The number of aliphatic hydroxyl groups excluding tert-OH is 2. The Morgan fingerprint density at radius 2 is 2.06 bits per heavy atom. The van der Waals surface area contributed by atoms with Crippen molar-refractivity contribution in [2.45, 2.75) is 29.8 Å². The number of thioether (sulfide) groups is 1. The van der Waals surface area contributed by atoms with Crippen LogP contribution in [0.4, 0.5) is 5.82 Å². The molecule has 3 rings (SSSR count). The number of anilines is 1. The van der Waals surface area contributed by atoms with Crippen LogP contribution in [-0.4, -0.2) is 47.2 Å². The van der Waals surface area contributed by atoms with Gasteiger partial charge in [-0.3, -0.25) is 4.57 Å². The highest BCUT2D eigenvalue weighted by Gasteiger charge is 2.41. The largest absolute Gasteiger partial charge is 0.389 e. The minimum absolute atomic E-state index is 0.0402. The Morgan fingerprint density at radius 1 is 1.28 bits per heavy atom. The van der Waals surface area contributed by atoms with Gasteiger partial charge in [-0.05, 0) is 0 Å². The molecule has 4 atom stereocenters. The molecule has 8 heteroatoms. The highest BCUT2D eigenvalue weighted by Crippen LogP contribution is 2.42. The molecule has 0 spiro atoms. The van der Waals surface area contributed by atoms with Crippen LogP contribution in [0.1, 0.15) is 12.3 Å². The molecule has 2 aromatic rings. The van der Waals surface area contributed by atoms with Crippen LogP contribution < -0.4 is 5.73 Å². The molecule has 0 aromatic carbocycles. The lowest BCUT2D eigenvalue weighted by atomic mass is 10.1. The smallest absolute Gasteiger partial charge is 0.166 e.